The molecule has 8 nitrogen and oxygen atoms in total. The Balaban J connectivity index is 1.77. The minimum Gasteiger partial charge on any atom is -0.422 e. The molecule has 9 heteroatoms. The molecule has 0 amide bonds. The molecule has 0 bridgehead atoms. The molecule has 0 saturated heterocycles. The van der Waals surface area contributed by atoms with E-state index in [-0.39, 0.29) is 11.7 Å². The number of carbonyl (C=O) groups excluding carboxylic acids is 1. The SMILES string of the molecule is CN1C=NC(c2nnc(Cc3ccc(F)cc3)o2)C(=O)C1NO. The number of benzene rings is 1. The summed E-state index contributed by atoms with van der Waals surface area (Å²) in [4.78, 5) is 17.7. The van der Waals surface area contributed by atoms with Gasteiger partial charge in [0.1, 0.15) is 5.82 Å². The Morgan fingerprint density at radius 1 is 1.35 bits per heavy atom. The first-order valence-corrected chi connectivity index (χ1v) is 6.84. The Kier molecular flexibility index (Phi) is 4.13. The summed E-state index contributed by atoms with van der Waals surface area (Å²) in [6.45, 7) is 0. The van der Waals surface area contributed by atoms with Crippen molar-refractivity contribution in [2.24, 2.45) is 4.99 Å². The van der Waals surface area contributed by atoms with Gasteiger partial charge in [-0.2, -0.15) is 5.48 Å². The average molecular weight is 319 g/mol. The topological polar surface area (TPSA) is 104 Å². The Bertz CT molecular complexity index is 730. The van der Waals surface area contributed by atoms with Crippen molar-refractivity contribution in [3.8, 4) is 0 Å². The van der Waals surface area contributed by atoms with Gasteiger partial charge in [-0.25, -0.2) is 4.39 Å². The number of hydrogen-bond acceptors (Lipinski definition) is 8. The van der Waals surface area contributed by atoms with Crippen LogP contribution in [0.1, 0.15) is 23.4 Å². The van der Waals surface area contributed by atoms with Crippen LogP contribution in [-0.4, -0.2) is 45.6 Å². The van der Waals surface area contributed by atoms with E-state index in [1.165, 1.54) is 23.4 Å². The van der Waals surface area contributed by atoms with Crippen molar-refractivity contribution in [3.05, 3.63) is 47.4 Å². The molecule has 120 valence electrons. The lowest BCUT2D eigenvalue weighted by Gasteiger charge is -2.28. The number of nitrogens with zero attached hydrogens (tertiary/aromatic N) is 4. The molecule has 1 aromatic heterocycles. The van der Waals surface area contributed by atoms with Gasteiger partial charge >= 0.3 is 0 Å². The Hall–Kier alpha value is -2.65. The minimum atomic E-state index is -0.967. The van der Waals surface area contributed by atoms with Gasteiger partial charge in [0.25, 0.3) is 0 Å². The van der Waals surface area contributed by atoms with Crippen molar-refractivity contribution in [3.63, 3.8) is 0 Å². The number of nitrogens with one attached hydrogen (secondary N) is 1. The average Bonchev–Trinajstić information content (AvgIpc) is 2.98. The van der Waals surface area contributed by atoms with Crippen LogP contribution < -0.4 is 5.48 Å². The fourth-order valence-corrected chi connectivity index (χ4v) is 2.23. The third kappa shape index (κ3) is 3.10. The second-order valence-electron chi connectivity index (χ2n) is 5.10. The first-order valence-electron chi connectivity index (χ1n) is 6.84. The second-order valence-corrected chi connectivity index (χ2v) is 5.10. The molecule has 0 fully saturated rings. The molecule has 1 aromatic carbocycles. The zero-order chi connectivity index (χ0) is 16.4. The highest BCUT2D eigenvalue weighted by molar-refractivity contribution is 5.93. The molecule has 0 radical (unpaired) electrons. The van der Waals surface area contributed by atoms with Gasteiger partial charge in [0.05, 0.1) is 12.8 Å². The van der Waals surface area contributed by atoms with Crippen molar-refractivity contribution in [2.45, 2.75) is 18.6 Å². The lowest BCUT2D eigenvalue weighted by Crippen LogP contribution is -2.51. The van der Waals surface area contributed by atoms with Crippen LogP contribution in [0, 0.1) is 5.82 Å². The monoisotopic (exact) mass is 319 g/mol. The van der Waals surface area contributed by atoms with Crippen molar-refractivity contribution in [1.29, 1.82) is 0 Å². The van der Waals surface area contributed by atoms with Crippen LogP contribution in [0.5, 0.6) is 0 Å². The highest BCUT2D eigenvalue weighted by Gasteiger charge is 2.36. The summed E-state index contributed by atoms with van der Waals surface area (Å²) in [5.41, 5.74) is 2.72. The fraction of sp³-hybridized carbons (Fsp3) is 0.286. The molecule has 3 rings (SSSR count). The fourth-order valence-electron chi connectivity index (χ4n) is 2.23. The van der Waals surface area contributed by atoms with Gasteiger partial charge in [-0.15, -0.1) is 10.2 Å². The smallest absolute Gasteiger partial charge is 0.248 e. The van der Waals surface area contributed by atoms with E-state index in [1.54, 1.807) is 19.2 Å². The number of Topliss-reactive ketones (excluding diaryl/α,β-unsaturated/α-hetero) is 1. The zero-order valence-corrected chi connectivity index (χ0v) is 12.2. The van der Waals surface area contributed by atoms with Gasteiger partial charge in [-0.3, -0.25) is 9.79 Å². The molecule has 2 unspecified atom stereocenters. The summed E-state index contributed by atoms with van der Waals surface area (Å²) in [5, 5.41) is 16.8. The number of carbonyl (C=O) groups is 1. The summed E-state index contributed by atoms with van der Waals surface area (Å²) in [6.07, 6.45) is 0.800. The lowest BCUT2D eigenvalue weighted by molar-refractivity contribution is -0.129. The van der Waals surface area contributed by atoms with Gasteiger partial charge < -0.3 is 14.5 Å². The standard InChI is InChI=1S/C14H14FN5O3/c1-20-7-16-11(12(21)13(20)19-22)14-18-17-10(23-14)6-8-2-4-9(15)5-3-8/h2-5,7,11,13,19,22H,6H2,1H3. The molecule has 1 aliphatic heterocycles. The van der Waals surface area contributed by atoms with Crippen LogP contribution in [0.3, 0.4) is 0 Å². The number of aliphatic imine (C=N–C) groups is 1. The summed E-state index contributed by atoms with van der Waals surface area (Å²) >= 11 is 0. The maximum Gasteiger partial charge on any atom is 0.248 e. The number of hydroxylamine groups is 1. The largest absolute Gasteiger partial charge is 0.422 e. The highest BCUT2D eigenvalue weighted by Crippen LogP contribution is 2.23. The Morgan fingerprint density at radius 2 is 2.09 bits per heavy atom. The summed E-state index contributed by atoms with van der Waals surface area (Å²) in [5.74, 6) is -0.387. The first kappa shape index (κ1) is 15.3. The number of ketones is 1. The van der Waals surface area contributed by atoms with Crippen molar-refractivity contribution < 1.29 is 18.8 Å². The molecule has 0 saturated carbocycles. The zero-order valence-electron chi connectivity index (χ0n) is 12.2. The van der Waals surface area contributed by atoms with Gasteiger partial charge in [-0.1, -0.05) is 12.1 Å². The third-order valence-electron chi connectivity index (χ3n) is 3.45. The number of likely N-dealkylation sites (N-methyl/N-ethyl adjacent to an activating group) is 1. The van der Waals surface area contributed by atoms with Crippen LogP contribution in [-0.2, 0) is 11.2 Å². The van der Waals surface area contributed by atoms with Crippen LogP contribution in [0.25, 0.3) is 0 Å². The number of halogens is 1. The molecule has 2 atom stereocenters. The molecule has 2 aromatic rings. The third-order valence-corrected chi connectivity index (χ3v) is 3.45. The number of aromatic nitrogens is 2. The maximum absolute atomic E-state index is 12.9. The predicted octanol–water partition coefficient (Wildman–Crippen LogP) is 0.688. The van der Waals surface area contributed by atoms with E-state index in [4.69, 9.17) is 9.62 Å². The summed E-state index contributed by atoms with van der Waals surface area (Å²) in [6, 6.07) is 4.95. The first-order chi connectivity index (χ1) is 11.1. The van der Waals surface area contributed by atoms with E-state index in [9.17, 15) is 9.18 Å². The normalized spacial score (nSPS) is 21.0. The van der Waals surface area contributed by atoms with E-state index in [1.807, 2.05) is 5.48 Å². The molecule has 23 heavy (non-hydrogen) atoms. The summed E-state index contributed by atoms with van der Waals surface area (Å²) < 4.78 is 18.4. The van der Waals surface area contributed by atoms with E-state index < -0.39 is 18.0 Å². The molecular weight excluding hydrogens is 305 g/mol. The highest BCUT2D eigenvalue weighted by atomic mass is 19.1. The lowest BCUT2D eigenvalue weighted by atomic mass is 10.1. The van der Waals surface area contributed by atoms with E-state index >= 15 is 0 Å². The second kappa shape index (κ2) is 6.23. The van der Waals surface area contributed by atoms with Crippen molar-refractivity contribution in [2.75, 3.05) is 7.05 Å². The van der Waals surface area contributed by atoms with Gasteiger partial charge in [0.2, 0.25) is 17.6 Å². The molecule has 0 spiro atoms. The van der Waals surface area contributed by atoms with Gasteiger partial charge in [0.15, 0.2) is 12.2 Å². The van der Waals surface area contributed by atoms with Crippen LogP contribution in [0.15, 0.2) is 33.7 Å². The maximum atomic E-state index is 12.9. The van der Waals surface area contributed by atoms with Gasteiger partial charge in [-0.05, 0) is 17.7 Å². The van der Waals surface area contributed by atoms with Crippen molar-refractivity contribution in [1.82, 2.24) is 20.6 Å². The summed E-state index contributed by atoms with van der Waals surface area (Å²) in [7, 11) is 1.60. The number of rotatable bonds is 4. The van der Waals surface area contributed by atoms with Gasteiger partial charge in [0, 0.05) is 7.05 Å². The van der Waals surface area contributed by atoms with Crippen LogP contribution >= 0.6 is 0 Å². The van der Waals surface area contributed by atoms with Crippen LogP contribution in [0.2, 0.25) is 0 Å². The van der Waals surface area contributed by atoms with Crippen LogP contribution in [0.4, 0.5) is 4.39 Å². The quantitative estimate of drug-likeness (QED) is 0.799. The molecule has 0 aliphatic carbocycles. The minimum absolute atomic E-state index is 0.0525. The van der Waals surface area contributed by atoms with E-state index in [0.29, 0.717) is 12.3 Å². The predicted molar refractivity (Wildman–Crippen MR) is 76.2 cm³/mol. The molecular formula is C14H14FN5O3. The molecule has 1 aliphatic rings. The Morgan fingerprint density at radius 3 is 2.78 bits per heavy atom. The van der Waals surface area contributed by atoms with Crippen molar-refractivity contribution >= 4 is 12.1 Å². The number of hydrogen-bond donors (Lipinski definition) is 2. The van der Waals surface area contributed by atoms with E-state index in [0.717, 1.165) is 5.56 Å². The molecule has 2 N–H and O–H groups in total. The van der Waals surface area contributed by atoms with E-state index in [2.05, 4.69) is 15.2 Å². The molecule has 2 heterocycles. The Labute approximate surface area is 130 Å².